The molecule has 0 radical (unpaired) electrons. The highest BCUT2D eigenvalue weighted by atomic mass is 16.5. The van der Waals surface area contributed by atoms with Gasteiger partial charge in [-0.3, -0.25) is 5.32 Å². The van der Waals surface area contributed by atoms with Crippen LogP contribution in [0.4, 0.5) is 0 Å². The first-order valence-corrected chi connectivity index (χ1v) is 5.46. The van der Waals surface area contributed by atoms with Crippen molar-refractivity contribution in [2.75, 3.05) is 6.61 Å². The van der Waals surface area contributed by atoms with Crippen LogP contribution in [0.3, 0.4) is 0 Å². The van der Waals surface area contributed by atoms with Gasteiger partial charge < -0.3 is 4.74 Å². The summed E-state index contributed by atoms with van der Waals surface area (Å²) >= 11 is 0. The number of hydrogen-bond donors (Lipinski definition) is 1. The predicted octanol–water partition coefficient (Wildman–Crippen LogP) is 1.84. The lowest BCUT2D eigenvalue weighted by atomic mass is 9.74. The minimum Gasteiger partial charge on any atom is -0.378 e. The lowest BCUT2D eigenvalue weighted by Crippen LogP contribution is -2.59. The Morgan fingerprint density at radius 3 is 2.64 bits per heavy atom. The molecule has 1 fully saturated rings. The fraction of sp³-hybridized carbons (Fsp3) is 0.909. The molecule has 0 aromatic rings. The number of rotatable bonds is 5. The zero-order valence-corrected chi connectivity index (χ0v) is 9.34. The van der Waals surface area contributed by atoms with Crippen molar-refractivity contribution in [2.24, 2.45) is 0 Å². The van der Waals surface area contributed by atoms with Crippen molar-refractivity contribution in [1.29, 1.82) is 5.26 Å². The smallest absolute Gasteiger partial charge is 0.111 e. The monoisotopic (exact) mass is 196 g/mol. The normalized spacial score (nSPS) is 33.1. The second kappa shape index (κ2) is 4.77. The molecule has 80 valence electrons. The van der Waals surface area contributed by atoms with Crippen LogP contribution in [0, 0.1) is 11.3 Å². The predicted molar refractivity (Wildman–Crippen MR) is 55.9 cm³/mol. The van der Waals surface area contributed by atoms with Crippen LogP contribution >= 0.6 is 0 Å². The summed E-state index contributed by atoms with van der Waals surface area (Å²) in [4.78, 5) is 0. The molecule has 1 unspecified atom stereocenters. The Labute approximate surface area is 86.4 Å². The van der Waals surface area contributed by atoms with Gasteiger partial charge in [-0.15, -0.1) is 0 Å². The minimum absolute atomic E-state index is 0.288. The van der Waals surface area contributed by atoms with Crippen molar-refractivity contribution in [3.63, 3.8) is 0 Å². The second-order valence-corrected chi connectivity index (χ2v) is 4.13. The molecule has 0 amide bonds. The maximum atomic E-state index is 9.10. The van der Waals surface area contributed by atoms with E-state index < -0.39 is 0 Å². The molecule has 0 saturated heterocycles. The van der Waals surface area contributed by atoms with E-state index in [-0.39, 0.29) is 11.6 Å². The fourth-order valence-corrected chi connectivity index (χ4v) is 1.89. The zero-order chi connectivity index (χ0) is 10.6. The van der Waals surface area contributed by atoms with E-state index in [2.05, 4.69) is 25.2 Å². The van der Waals surface area contributed by atoms with Crippen molar-refractivity contribution in [2.45, 2.75) is 57.7 Å². The van der Waals surface area contributed by atoms with Crippen LogP contribution in [0.15, 0.2) is 0 Å². The van der Waals surface area contributed by atoms with E-state index in [1.54, 1.807) is 0 Å². The van der Waals surface area contributed by atoms with Crippen molar-refractivity contribution >= 4 is 0 Å². The molecule has 1 rings (SSSR count). The van der Waals surface area contributed by atoms with E-state index in [1.165, 1.54) is 0 Å². The molecule has 0 aromatic heterocycles. The summed E-state index contributed by atoms with van der Waals surface area (Å²) in [7, 11) is 0. The van der Waals surface area contributed by atoms with Gasteiger partial charge in [0, 0.05) is 25.5 Å². The molecular formula is C11H20N2O. The first-order valence-electron chi connectivity index (χ1n) is 5.46. The van der Waals surface area contributed by atoms with Gasteiger partial charge >= 0.3 is 0 Å². The van der Waals surface area contributed by atoms with Crippen LogP contribution in [-0.2, 0) is 4.74 Å². The molecule has 14 heavy (non-hydrogen) atoms. The molecule has 0 spiro atoms. The Hall–Kier alpha value is -0.590. The van der Waals surface area contributed by atoms with Crippen LogP contribution in [0.5, 0.6) is 0 Å². The molecule has 3 heteroatoms. The van der Waals surface area contributed by atoms with E-state index in [4.69, 9.17) is 10.00 Å². The summed E-state index contributed by atoms with van der Waals surface area (Å²) < 4.78 is 5.46. The Kier molecular flexibility index (Phi) is 3.91. The van der Waals surface area contributed by atoms with Gasteiger partial charge in [0.25, 0.3) is 0 Å². The molecule has 1 atom stereocenters. The Bertz CT molecular complexity index is 216. The van der Waals surface area contributed by atoms with E-state index in [9.17, 15) is 0 Å². The first kappa shape index (κ1) is 11.5. The Morgan fingerprint density at radius 2 is 2.21 bits per heavy atom. The van der Waals surface area contributed by atoms with Gasteiger partial charge in [0.05, 0.1) is 12.2 Å². The average molecular weight is 196 g/mol. The highest BCUT2D eigenvalue weighted by molar-refractivity contribution is 5.17. The van der Waals surface area contributed by atoms with E-state index in [0.717, 1.165) is 25.9 Å². The van der Waals surface area contributed by atoms with Gasteiger partial charge in [0.1, 0.15) is 5.54 Å². The maximum Gasteiger partial charge on any atom is 0.111 e. The van der Waals surface area contributed by atoms with Crippen LogP contribution in [0.2, 0.25) is 0 Å². The summed E-state index contributed by atoms with van der Waals surface area (Å²) in [5, 5.41) is 12.5. The molecule has 1 saturated carbocycles. The number of nitrogens with one attached hydrogen (secondary N) is 1. The summed E-state index contributed by atoms with van der Waals surface area (Å²) in [6.45, 7) is 6.98. The summed E-state index contributed by atoms with van der Waals surface area (Å²) in [6, 6.07) is 2.79. The van der Waals surface area contributed by atoms with Gasteiger partial charge in [0.2, 0.25) is 0 Å². The second-order valence-electron chi connectivity index (χ2n) is 4.13. The standard InChI is InChI=1S/C11H20N2O/c1-4-9(3)13-11(8-12)6-10(7-11)14-5-2/h9-10,13H,4-7H2,1-3H3. The number of nitrogens with zero attached hydrogens (tertiary/aromatic N) is 1. The van der Waals surface area contributed by atoms with E-state index in [0.29, 0.717) is 6.04 Å². The highest BCUT2D eigenvalue weighted by Gasteiger charge is 2.45. The third-order valence-corrected chi connectivity index (χ3v) is 2.90. The maximum absolute atomic E-state index is 9.10. The molecule has 0 heterocycles. The molecule has 3 nitrogen and oxygen atoms in total. The van der Waals surface area contributed by atoms with Gasteiger partial charge in [-0.2, -0.15) is 5.26 Å². The first-order chi connectivity index (χ1) is 6.65. The molecule has 0 bridgehead atoms. The van der Waals surface area contributed by atoms with Crippen molar-refractivity contribution < 1.29 is 4.74 Å². The lowest BCUT2D eigenvalue weighted by Gasteiger charge is -2.44. The molecule has 1 aliphatic carbocycles. The molecule has 1 N–H and O–H groups in total. The molecule has 1 aliphatic rings. The van der Waals surface area contributed by atoms with Gasteiger partial charge in [-0.05, 0) is 20.3 Å². The molecular weight excluding hydrogens is 176 g/mol. The van der Waals surface area contributed by atoms with Gasteiger partial charge in [-0.1, -0.05) is 6.92 Å². The quantitative estimate of drug-likeness (QED) is 0.729. The van der Waals surface area contributed by atoms with Crippen LogP contribution in [0.1, 0.15) is 40.0 Å². The van der Waals surface area contributed by atoms with Crippen molar-refractivity contribution in [1.82, 2.24) is 5.32 Å². The van der Waals surface area contributed by atoms with Crippen LogP contribution in [-0.4, -0.2) is 24.3 Å². The van der Waals surface area contributed by atoms with Crippen LogP contribution in [0.25, 0.3) is 0 Å². The lowest BCUT2D eigenvalue weighted by molar-refractivity contribution is -0.0341. The summed E-state index contributed by atoms with van der Waals surface area (Å²) in [6.07, 6.45) is 3.02. The van der Waals surface area contributed by atoms with Crippen LogP contribution < -0.4 is 5.32 Å². The van der Waals surface area contributed by atoms with Crippen molar-refractivity contribution in [3.8, 4) is 6.07 Å². The van der Waals surface area contributed by atoms with E-state index in [1.807, 2.05) is 6.92 Å². The summed E-state index contributed by atoms with van der Waals surface area (Å²) in [5.74, 6) is 0. The third-order valence-electron chi connectivity index (χ3n) is 2.90. The fourth-order valence-electron chi connectivity index (χ4n) is 1.89. The summed E-state index contributed by atoms with van der Waals surface area (Å²) in [5.41, 5.74) is -0.310. The topological polar surface area (TPSA) is 45.0 Å². The number of nitriles is 1. The SMILES string of the molecule is CCOC1CC(C#N)(NC(C)CC)C1. The number of hydrogen-bond acceptors (Lipinski definition) is 3. The Morgan fingerprint density at radius 1 is 1.57 bits per heavy atom. The highest BCUT2D eigenvalue weighted by Crippen LogP contribution is 2.34. The zero-order valence-electron chi connectivity index (χ0n) is 9.34. The largest absolute Gasteiger partial charge is 0.378 e. The minimum atomic E-state index is -0.310. The Balaban J connectivity index is 2.38. The third kappa shape index (κ3) is 2.46. The molecule has 0 aliphatic heterocycles. The van der Waals surface area contributed by atoms with Crippen molar-refractivity contribution in [3.05, 3.63) is 0 Å². The van der Waals surface area contributed by atoms with Gasteiger partial charge in [0.15, 0.2) is 0 Å². The van der Waals surface area contributed by atoms with Gasteiger partial charge in [-0.25, -0.2) is 0 Å². The molecule has 0 aromatic carbocycles. The van der Waals surface area contributed by atoms with E-state index >= 15 is 0 Å². The number of ether oxygens (including phenoxy) is 1. The average Bonchev–Trinajstić information content (AvgIpc) is 2.14.